The van der Waals surface area contributed by atoms with Crippen LogP contribution >= 0.6 is 11.6 Å². The first-order chi connectivity index (χ1) is 11.8. The van der Waals surface area contributed by atoms with Crippen molar-refractivity contribution in [3.05, 3.63) is 53.7 Å². The van der Waals surface area contributed by atoms with Crippen LogP contribution in [0.1, 0.15) is 0 Å². The Hall–Kier alpha value is -2.52. The zero-order valence-corrected chi connectivity index (χ0v) is 13.7. The van der Waals surface area contributed by atoms with Gasteiger partial charge in [0.15, 0.2) is 0 Å². The fourth-order valence-corrected chi connectivity index (χ4v) is 1.98. The normalized spacial score (nSPS) is 13.6. The summed E-state index contributed by atoms with van der Waals surface area (Å²) in [6, 6.07) is 10.5. The smallest absolute Gasteiger partial charge is 0.438 e. The lowest BCUT2D eigenvalue weighted by molar-refractivity contribution is -0.204. The van der Waals surface area contributed by atoms with Crippen LogP contribution in [0.5, 0.6) is 0 Å². The highest BCUT2D eigenvalue weighted by Gasteiger charge is 2.63. The van der Waals surface area contributed by atoms with Gasteiger partial charge >= 0.3 is 17.8 Å². The molecule has 0 fully saturated rings. The highest BCUT2D eigenvalue weighted by molar-refractivity contribution is 6.30. The van der Waals surface area contributed by atoms with Gasteiger partial charge in [0.25, 0.3) is 0 Å². The number of carbonyl (C=O) groups excluding carboxylic acids is 1. The van der Waals surface area contributed by atoms with Crippen molar-refractivity contribution >= 4 is 29.1 Å². The number of alkyl halides is 3. The zero-order valence-electron chi connectivity index (χ0n) is 12.9. The molecule has 0 radical (unpaired) electrons. The van der Waals surface area contributed by atoms with Crippen LogP contribution in [-0.2, 0) is 9.53 Å². The molecule has 2 rings (SSSR count). The molecule has 1 aromatic heterocycles. The number of nitrogens with one attached hydrogen (secondary N) is 3. The van der Waals surface area contributed by atoms with Crippen LogP contribution in [0.15, 0.2) is 48.7 Å². The molecule has 25 heavy (non-hydrogen) atoms. The lowest BCUT2D eigenvalue weighted by Gasteiger charge is -2.35. The summed E-state index contributed by atoms with van der Waals surface area (Å²) in [4.78, 5) is 15.7. The predicted molar refractivity (Wildman–Crippen MR) is 86.9 cm³/mol. The van der Waals surface area contributed by atoms with Crippen molar-refractivity contribution in [2.24, 2.45) is 0 Å². The minimum Gasteiger partial charge on any atom is -0.466 e. The molecule has 0 saturated carbocycles. The molecule has 0 aliphatic carbocycles. The van der Waals surface area contributed by atoms with Gasteiger partial charge in [0.1, 0.15) is 5.82 Å². The number of benzene rings is 1. The third-order valence-corrected chi connectivity index (χ3v) is 3.35. The molecular formula is C15H14ClF3N4O2. The second-order valence-corrected chi connectivity index (χ2v) is 5.28. The van der Waals surface area contributed by atoms with E-state index in [1.54, 1.807) is 18.2 Å². The quantitative estimate of drug-likeness (QED) is 0.409. The van der Waals surface area contributed by atoms with Crippen molar-refractivity contribution in [2.45, 2.75) is 11.8 Å². The summed E-state index contributed by atoms with van der Waals surface area (Å²) < 4.78 is 45.6. The molecule has 134 valence electrons. The maximum absolute atomic E-state index is 13.8. The number of hydrazine groups is 1. The van der Waals surface area contributed by atoms with Crippen molar-refractivity contribution in [2.75, 3.05) is 17.9 Å². The van der Waals surface area contributed by atoms with Gasteiger partial charge in [-0.3, -0.25) is 0 Å². The molecule has 0 aliphatic heterocycles. The number of esters is 1. The van der Waals surface area contributed by atoms with E-state index in [1.807, 2.05) is 10.7 Å². The number of anilines is 2. The van der Waals surface area contributed by atoms with Gasteiger partial charge in [-0.2, -0.15) is 18.6 Å². The van der Waals surface area contributed by atoms with E-state index in [9.17, 15) is 18.0 Å². The van der Waals surface area contributed by atoms with Gasteiger partial charge in [-0.15, -0.1) is 0 Å². The van der Waals surface area contributed by atoms with Crippen LogP contribution in [0.25, 0.3) is 0 Å². The number of aromatic nitrogens is 1. The maximum atomic E-state index is 13.8. The third-order valence-electron chi connectivity index (χ3n) is 3.13. The predicted octanol–water partition coefficient (Wildman–Crippen LogP) is 3.20. The van der Waals surface area contributed by atoms with Gasteiger partial charge in [0, 0.05) is 11.9 Å². The topological polar surface area (TPSA) is 75.3 Å². The fourth-order valence-electron chi connectivity index (χ4n) is 1.87. The maximum Gasteiger partial charge on any atom is 0.438 e. The Balaban J connectivity index is 2.37. The number of ether oxygens (including phenoxy) is 1. The van der Waals surface area contributed by atoms with Gasteiger partial charge in [0.2, 0.25) is 0 Å². The average molecular weight is 375 g/mol. The van der Waals surface area contributed by atoms with Crippen LogP contribution in [0.3, 0.4) is 0 Å². The Morgan fingerprint density at radius 2 is 1.84 bits per heavy atom. The number of nitrogens with zero attached hydrogens (tertiary/aromatic N) is 1. The average Bonchev–Trinajstić information content (AvgIpc) is 2.59. The van der Waals surface area contributed by atoms with E-state index in [-0.39, 0.29) is 10.8 Å². The highest BCUT2D eigenvalue weighted by Crippen LogP contribution is 2.32. The van der Waals surface area contributed by atoms with Crippen molar-refractivity contribution in [1.29, 1.82) is 0 Å². The van der Waals surface area contributed by atoms with E-state index in [1.165, 1.54) is 24.3 Å². The molecule has 0 amide bonds. The van der Waals surface area contributed by atoms with Crippen molar-refractivity contribution in [1.82, 2.24) is 10.4 Å². The number of halogens is 4. The number of methoxy groups -OCH3 is 1. The molecule has 1 heterocycles. The van der Waals surface area contributed by atoms with Crippen LogP contribution in [-0.4, -0.2) is 29.9 Å². The zero-order chi connectivity index (χ0) is 18.5. The van der Waals surface area contributed by atoms with Crippen LogP contribution < -0.4 is 16.2 Å². The molecule has 1 atom stereocenters. The van der Waals surface area contributed by atoms with Gasteiger partial charge in [-0.05, 0) is 24.3 Å². The van der Waals surface area contributed by atoms with Gasteiger partial charge in [0.05, 0.1) is 12.1 Å². The van der Waals surface area contributed by atoms with Crippen molar-refractivity contribution in [3.8, 4) is 0 Å². The van der Waals surface area contributed by atoms with E-state index in [0.29, 0.717) is 5.69 Å². The van der Waals surface area contributed by atoms with E-state index in [4.69, 9.17) is 11.6 Å². The van der Waals surface area contributed by atoms with Crippen molar-refractivity contribution in [3.63, 3.8) is 0 Å². The second kappa shape index (κ2) is 7.58. The van der Waals surface area contributed by atoms with Gasteiger partial charge < -0.3 is 15.5 Å². The molecule has 0 spiro atoms. The molecule has 1 unspecified atom stereocenters. The lowest BCUT2D eigenvalue weighted by Crippen LogP contribution is -2.69. The Morgan fingerprint density at radius 1 is 1.16 bits per heavy atom. The Bertz CT molecular complexity index is 713. The third kappa shape index (κ3) is 4.31. The van der Waals surface area contributed by atoms with Crippen LogP contribution in [0.4, 0.5) is 24.7 Å². The number of carbonyl (C=O) groups is 1. The number of rotatable bonds is 6. The number of hydrogen-bond acceptors (Lipinski definition) is 6. The molecule has 3 N–H and O–H groups in total. The van der Waals surface area contributed by atoms with Gasteiger partial charge in [-0.1, -0.05) is 29.8 Å². The molecule has 6 nitrogen and oxygen atoms in total. The Morgan fingerprint density at radius 3 is 2.36 bits per heavy atom. The molecule has 0 bridgehead atoms. The molecule has 10 heteroatoms. The summed E-state index contributed by atoms with van der Waals surface area (Å²) in [6.07, 6.45) is -3.92. The van der Waals surface area contributed by atoms with Crippen LogP contribution in [0.2, 0.25) is 5.02 Å². The van der Waals surface area contributed by atoms with Crippen molar-refractivity contribution < 1.29 is 22.7 Å². The second-order valence-electron chi connectivity index (χ2n) is 4.84. The summed E-state index contributed by atoms with van der Waals surface area (Å²) in [6.45, 7) is 0. The molecular weight excluding hydrogens is 361 g/mol. The standard InChI is InChI=1S/C15H14ClF3N4O2/c1-25-13(24)14(15(17,18)19,21-12-8-7-10(16)9-20-12)23-22-11-5-3-2-4-6-11/h2-9,22-23H,1H3,(H,20,21). The van der Waals surface area contributed by atoms with E-state index in [2.05, 4.69) is 15.1 Å². The van der Waals surface area contributed by atoms with Gasteiger partial charge in [-0.25, -0.2) is 9.78 Å². The first-order valence-corrected chi connectivity index (χ1v) is 7.29. The number of pyridine rings is 1. The summed E-state index contributed by atoms with van der Waals surface area (Å²) in [7, 11) is 0.851. The number of para-hydroxylation sites is 1. The molecule has 1 aromatic carbocycles. The van der Waals surface area contributed by atoms with Crippen LogP contribution in [0, 0.1) is 0 Å². The Labute approximate surface area is 146 Å². The van der Waals surface area contributed by atoms with E-state index in [0.717, 1.165) is 13.3 Å². The Kier molecular flexibility index (Phi) is 5.70. The lowest BCUT2D eigenvalue weighted by atomic mass is 10.1. The summed E-state index contributed by atoms with van der Waals surface area (Å²) in [5.74, 6) is -1.82. The summed E-state index contributed by atoms with van der Waals surface area (Å²) >= 11 is 5.67. The number of hydrogen-bond donors (Lipinski definition) is 3. The largest absolute Gasteiger partial charge is 0.466 e. The summed E-state index contributed by atoms with van der Waals surface area (Å²) in [5.41, 5.74) is 1.35. The molecule has 0 saturated heterocycles. The monoisotopic (exact) mass is 374 g/mol. The first kappa shape index (κ1) is 18.8. The van der Waals surface area contributed by atoms with E-state index >= 15 is 0 Å². The molecule has 2 aromatic rings. The summed E-state index contributed by atoms with van der Waals surface area (Å²) in [5, 5.41) is 2.27. The first-order valence-electron chi connectivity index (χ1n) is 6.91. The van der Waals surface area contributed by atoms with E-state index < -0.39 is 17.8 Å². The molecule has 0 aliphatic rings. The minimum absolute atomic E-state index is 0.227. The SMILES string of the molecule is COC(=O)C(NNc1ccccc1)(Nc1ccc(Cl)cn1)C(F)(F)F. The fraction of sp³-hybridized carbons (Fsp3) is 0.200. The highest BCUT2D eigenvalue weighted by atomic mass is 35.5. The minimum atomic E-state index is -5.07.